The molecule has 1 heterocycles. The molecular weight excluding hydrogens is 193 g/mol. The fourth-order valence-electron chi connectivity index (χ4n) is 1.95. The zero-order valence-corrected chi connectivity index (χ0v) is 8.83. The van der Waals surface area contributed by atoms with Crippen molar-refractivity contribution >= 4 is 11.4 Å². The molecule has 1 fully saturated rings. The Hall–Kier alpha value is -1.29. The molecule has 15 heavy (non-hydrogen) atoms. The lowest BCUT2D eigenvalue weighted by Gasteiger charge is -2.16. The van der Waals surface area contributed by atoms with Crippen molar-refractivity contribution in [3.05, 3.63) is 24.0 Å². The van der Waals surface area contributed by atoms with Gasteiger partial charge in [-0.1, -0.05) is 6.07 Å². The first-order valence-corrected chi connectivity index (χ1v) is 5.16. The smallest absolute Gasteiger partial charge is 0.148 e. The molecular formula is C11H16FN3. The summed E-state index contributed by atoms with van der Waals surface area (Å²) in [6, 6.07) is 5.06. The molecule has 1 atom stereocenters. The number of nitrogens with zero attached hydrogens (tertiary/aromatic N) is 1. The van der Waals surface area contributed by atoms with E-state index >= 15 is 0 Å². The number of anilines is 2. The van der Waals surface area contributed by atoms with Crippen LogP contribution in [0.25, 0.3) is 0 Å². The van der Waals surface area contributed by atoms with Gasteiger partial charge in [-0.25, -0.2) is 4.39 Å². The second-order valence-electron chi connectivity index (χ2n) is 4.10. The monoisotopic (exact) mass is 209 g/mol. The maximum atomic E-state index is 13.4. The molecule has 1 aliphatic rings. The predicted molar refractivity (Wildman–Crippen MR) is 60.3 cm³/mol. The van der Waals surface area contributed by atoms with Gasteiger partial charge in [0.15, 0.2) is 0 Å². The molecule has 0 aliphatic carbocycles. The number of benzene rings is 1. The fourth-order valence-corrected chi connectivity index (χ4v) is 1.95. The van der Waals surface area contributed by atoms with Crippen LogP contribution in [0.3, 0.4) is 0 Å². The highest BCUT2D eigenvalue weighted by atomic mass is 19.1. The number of nitrogens with two attached hydrogens (primary N) is 1. The predicted octanol–water partition coefficient (Wildman–Crippen LogP) is 1.52. The van der Waals surface area contributed by atoms with Gasteiger partial charge < -0.3 is 16.0 Å². The van der Waals surface area contributed by atoms with E-state index in [9.17, 15) is 4.39 Å². The molecule has 1 unspecified atom stereocenters. The van der Waals surface area contributed by atoms with Gasteiger partial charge >= 0.3 is 0 Å². The highest BCUT2D eigenvalue weighted by Gasteiger charge is 2.20. The number of hydrogen-bond donors (Lipinski definition) is 2. The molecule has 0 radical (unpaired) electrons. The molecule has 0 amide bonds. The molecule has 0 aromatic heterocycles. The largest absolute Gasteiger partial charge is 0.397 e. The Morgan fingerprint density at radius 3 is 2.93 bits per heavy atom. The van der Waals surface area contributed by atoms with Crippen LogP contribution in [0.1, 0.15) is 6.42 Å². The fraction of sp³-hybridized carbons (Fsp3) is 0.455. The number of likely N-dealkylation sites (N-methyl/N-ethyl adjacent to an activating group) is 1. The molecule has 1 aliphatic heterocycles. The zero-order chi connectivity index (χ0) is 10.8. The summed E-state index contributed by atoms with van der Waals surface area (Å²) < 4.78 is 13.4. The van der Waals surface area contributed by atoms with Crippen LogP contribution < -0.4 is 11.1 Å². The molecule has 82 valence electrons. The standard InChI is InChI=1S/C11H16FN3/c1-15-6-5-8(7-15)14-11-9(12)3-2-4-10(11)13/h2-4,8,14H,5-7,13H2,1H3. The van der Waals surface area contributed by atoms with Crippen LogP contribution >= 0.6 is 0 Å². The Morgan fingerprint density at radius 1 is 1.53 bits per heavy atom. The van der Waals surface area contributed by atoms with E-state index < -0.39 is 0 Å². The summed E-state index contributed by atoms with van der Waals surface area (Å²) in [5.41, 5.74) is 6.64. The van der Waals surface area contributed by atoms with Crippen LogP contribution in [-0.2, 0) is 0 Å². The average molecular weight is 209 g/mol. The normalized spacial score (nSPS) is 21.9. The van der Waals surface area contributed by atoms with Crippen molar-refractivity contribution < 1.29 is 4.39 Å². The molecule has 0 spiro atoms. The third-order valence-corrected chi connectivity index (χ3v) is 2.79. The van der Waals surface area contributed by atoms with E-state index in [4.69, 9.17) is 5.73 Å². The Morgan fingerprint density at radius 2 is 2.33 bits per heavy atom. The highest BCUT2D eigenvalue weighted by Crippen LogP contribution is 2.24. The zero-order valence-electron chi connectivity index (χ0n) is 8.83. The van der Waals surface area contributed by atoms with Gasteiger partial charge in [0.25, 0.3) is 0 Å². The molecule has 0 bridgehead atoms. The van der Waals surface area contributed by atoms with Crippen LogP contribution in [0.5, 0.6) is 0 Å². The lowest BCUT2D eigenvalue weighted by molar-refractivity contribution is 0.414. The Kier molecular flexibility index (Phi) is 2.77. The number of nitrogens with one attached hydrogen (secondary N) is 1. The van der Waals surface area contributed by atoms with Crippen molar-refractivity contribution in [3.63, 3.8) is 0 Å². The van der Waals surface area contributed by atoms with Gasteiger partial charge in [-0.2, -0.15) is 0 Å². The third kappa shape index (κ3) is 2.21. The van der Waals surface area contributed by atoms with E-state index in [1.807, 2.05) is 0 Å². The van der Waals surface area contributed by atoms with E-state index in [1.165, 1.54) is 6.07 Å². The van der Waals surface area contributed by atoms with Gasteiger partial charge in [-0.05, 0) is 32.1 Å². The first kappa shape index (κ1) is 10.2. The summed E-state index contributed by atoms with van der Waals surface area (Å²) in [7, 11) is 2.06. The minimum absolute atomic E-state index is 0.274. The SMILES string of the molecule is CN1CCC(Nc2c(N)cccc2F)C1. The number of halogens is 1. The van der Waals surface area contributed by atoms with Gasteiger partial charge in [0.1, 0.15) is 5.82 Å². The van der Waals surface area contributed by atoms with Crippen LogP contribution in [0, 0.1) is 5.82 Å². The summed E-state index contributed by atoms with van der Waals surface area (Å²) >= 11 is 0. The molecule has 1 aromatic carbocycles. The van der Waals surface area contributed by atoms with Crippen molar-refractivity contribution in [2.45, 2.75) is 12.5 Å². The minimum atomic E-state index is -0.274. The number of hydrogen-bond acceptors (Lipinski definition) is 3. The van der Waals surface area contributed by atoms with Gasteiger partial charge in [-0.15, -0.1) is 0 Å². The average Bonchev–Trinajstić information content (AvgIpc) is 2.58. The lowest BCUT2D eigenvalue weighted by atomic mass is 10.2. The molecule has 1 aromatic rings. The van der Waals surface area contributed by atoms with E-state index in [2.05, 4.69) is 17.3 Å². The van der Waals surface area contributed by atoms with E-state index in [1.54, 1.807) is 12.1 Å². The highest BCUT2D eigenvalue weighted by molar-refractivity contribution is 5.67. The van der Waals surface area contributed by atoms with Crippen molar-refractivity contribution in [2.24, 2.45) is 0 Å². The van der Waals surface area contributed by atoms with Crippen LogP contribution in [0.2, 0.25) is 0 Å². The van der Waals surface area contributed by atoms with Gasteiger partial charge in [0, 0.05) is 12.6 Å². The molecule has 2 rings (SSSR count). The quantitative estimate of drug-likeness (QED) is 0.726. The molecule has 3 N–H and O–H groups in total. The third-order valence-electron chi connectivity index (χ3n) is 2.79. The first-order chi connectivity index (χ1) is 7.16. The molecule has 1 saturated heterocycles. The Labute approximate surface area is 89.1 Å². The van der Waals surface area contributed by atoms with E-state index in [0.29, 0.717) is 17.4 Å². The molecule has 3 nitrogen and oxygen atoms in total. The lowest BCUT2D eigenvalue weighted by Crippen LogP contribution is -2.24. The minimum Gasteiger partial charge on any atom is -0.397 e. The van der Waals surface area contributed by atoms with Gasteiger partial charge in [0.2, 0.25) is 0 Å². The Bertz CT molecular complexity index is 333. The number of para-hydroxylation sites is 1. The first-order valence-electron chi connectivity index (χ1n) is 5.16. The van der Waals surface area contributed by atoms with Crippen LogP contribution in [-0.4, -0.2) is 31.1 Å². The van der Waals surface area contributed by atoms with Crippen LogP contribution in [0.4, 0.5) is 15.8 Å². The summed E-state index contributed by atoms with van der Waals surface area (Å²) in [5.74, 6) is -0.274. The summed E-state index contributed by atoms with van der Waals surface area (Å²) in [6.45, 7) is 1.99. The summed E-state index contributed by atoms with van der Waals surface area (Å²) in [5, 5.41) is 3.17. The maximum Gasteiger partial charge on any atom is 0.148 e. The van der Waals surface area contributed by atoms with Crippen LogP contribution in [0.15, 0.2) is 18.2 Å². The molecule has 4 heteroatoms. The second kappa shape index (κ2) is 4.06. The maximum absolute atomic E-state index is 13.4. The summed E-state index contributed by atoms with van der Waals surface area (Å²) in [4.78, 5) is 2.22. The van der Waals surface area contributed by atoms with Gasteiger partial charge in [0.05, 0.1) is 11.4 Å². The van der Waals surface area contributed by atoms with Crippen molar-refractivity contribution in [3.8, 4) is 0 Å². The molecule has 0 saturated carbocycles. The van der Waals surface area contributed by atoms with E-state index in [0.717, 1.165) is 19.5 Å². The van der Waals surface area contributed by atoms with Crippen molar-refractivity contribution in [2.75, 3.05) is 31.2 Å². The number of rotatable bonds is 2. The second-order valence-corrected chi connectivity index (χ2v) is 4.10. The van der Waals surface area contributed by atoms with Crippen molar-refractivity contribution in [1.82, 2.24) is 4.90 Å². The Balaban J connectivity index is 2.10. The number of nitrogen functional groups attached to an aromatic ring is 1. The number of likely N-dealkylation sites (tertiary alicyclic amines) is 1. The van der Waals surface area contributed by atoms with E-state index in [-0.39, 0.29) is 5.82 Å². The van der Waals surface area contributed by atoms with Gasteiger partial charge in [-0.3, -0.25) is 0 Å². The van der Waals surface area contributed by atoms with Crippen molar-refractivity contribution in [1.29, 1.82) is 0 Å². The topological polar surface area (TPSA) is 41.3 Å². The summed E-state index contributed by atoms with van der Waals surface area (Å²) in [6.07, 6.45) is 1.03.